The largest absolute Gasteiger partial charge is 0.511 e. The topological polar surface area (TPSA) is 68.1 Å². The summed E-state index contributed by atoms with van der Waals surface area (Å²) < 4.78 is 10.6. The lowest BCUT2D eigenvalue weighted by Gasteiger charge is -2.12. The van der Waals surface area contributed by atoms with Gasteiger partial charge in [-0.1, -0.05) is 20.3 Å². The Morgan fingerprint density at radius 3 is 2.67 bits per heavy atom. The van der Waals surface area contributed by atoms with Crippen LogP contribution >= 0.6 is 0 Å². The van der Waals surface area contributed by atoms with E-state index in [-0.39, 0.29) is 23.2 Å². The highest BCUT2D eigenvalue weighted by Gasteiger charge is 2.14. The number of nitrogens with zero attached hydrogens (tertiary/aromatic N) is 1. The highest BCUT2D eigenvalue weighted by Crippen LogP contribution is 2.18. The van der Waals surface area contributed by atoms with Crippen LogP contribution in [0.5, 0.6) is 0 Å². The predicted molar refractivity (Wildman–Crippen MR) is 96.0 cm³/mol. The molecular formula is C19H27NO4. The summed E-state index contributed by atoms with van der Waals surface area (Å²) in [6, 6.07) is 0. The number of rotatable bonds is 8. The molecule has 0 bridgehead atoms. The Bertz CT molecular complexity index is 596. The number of hydrogen-bond acceptors (Lipinski definition) is 5. The van der Waals surface area contributed by atoms with Gasteiger partial charge in [-0.2, -0.15) is 0 Å². The second-order valence-electron chi connectivity index (χ2n) is 5.77. The van der Waals surface area contributed by atoms with Gasteiger partial charge in [-0.3, -0.25) is 9.79 Å². The zero-order chi connectivity index (χ0) is 18.1. The number of carbonyl (C=O) groups is 1. The van der Waals surface area contributed by atoms with Crippen molar-refractivity contribution in [1.82, 2.24) is 0 Å². The van der Waals surface area contributed by atoms with E-state index >= 15 is 0 Å². The fraction of sp³-hybridized carbons (Fsp3) is 0.474. The minimum Gasteiger partial charge on any atom is -0.511 e. The molecule has 2 unspecified atom stereocenters. The lowest BCUT2D eigenvalue weighted by atomic mass is 10.0. The van der Waals surface area contributed by atoms with Gasteiger partial charge < -0.3 is 14.6 Å². The summed E-state index contributed by atoms with van der Waals surface area (Å²) in [4.78, 5) is 16.1. The molecule has 0 spiro atoms. The summed E-state index contributed by atoms with van der Waals surface area (Å²) >= 11 is 0. The third-order valence-corrected chi connectivity index (χ3v) is 3.90. The van der Waals surface area contributed by atoms with Gasteiger partial charge in [0.15, 0.2) is 5.78 Å². The average molecular weight is 333 g/mol. The van der Waals surface area contributed by atoms with Gasteiger partial charge in [-0.05, 0) is 37.1 Å². The number of aliphatic hydroxyl groups is 1. The molecule has 0 aromatic rings. The predicted octanol–water partition coefficient (Wildman–Crippen LogP) is 3.89. The quantitative estimate of drug-likeness (QED) is 0.416. The van der Waals surface area contributed by atoms with Crippen LogP contribution in [-0.2, 0) is 14.3 Å². The Hall–Kier alpha value is -2.14. The van der Waals surface area contributed by atoms with Crippen LogP contribution in [0.25, 0.3) is 0 Å². The summed E-state index contributed by atoms with van der Waals surface area (Å²) in [5.41, 5.74) is 0.882. The second-order valence-corrected chi connectivity index (χ2v) is 5.77. The maximum atomic E-state index is 11.8. The molecule has 132 valence electrons. The van der Waals surface area contributed by atoms with E-state index in [0.29, 0.717) is 23.8 Å². The van der Waals surface area contributed by atoms with Crippen molar-refractivity contribution in [3.05, 3.63) is 47.1 Å². The molecule has 0 aliphatic heterocycles. The van der Waals surface area contributed by atoms with E-state index in [1.165, 1.54) is 13.1 Å². The van der Waals surface area contributed by atoms with Crippen molar-refractivity contribution in [3.63, 3.8) is 0 Å². The van der Waals surface area contributed by atoms with Gasteiger partial charge in [-0.15, -0.1) is 0 Å². The van der Waals surface area contributed by atoms with E-state index in [0.717, 1.165) is 6.42 Å². The lowest BCUT2D eigenvalue weighted by molar-refractivity contribution is -0.113. The summed E-state index contributed by atoms with van der Waals surface area (Å²) in [5.74, 6) is 0.850. The molecule has 0 radical (unpaired) electrons. The number of ketones is 1. The molecule has 5 heteroatoms. The Labute approximate surface area is 144 Å². The van der Waals surface area contributed by atoms with Crippen LogP contribution in [0.1, 0.15) is 33.6 Å². The van der Waals surface area contributed by atoms with Crippen LogP contribution in [0.4, 0.5) is 0 Å². The number of hydrogen-bond donors (Lipinski definition) is 1. The van der Waals surface area contributed by atoms with Crippen LogP contribution in [0.15, 0.2) is 52.1 Å². The number of Topliss-reactive ketones (excluding diaryl/α,β-unsaturated/α-hetero) is 1. The van der Waals surface area contributed by atoms with Gasteiger partial charge in [0.2, 0.25) is 0 Å². The summed E-state index contributed by atoms with van der Waals surface area (Å²) in [7, 11) is 3.18. The van der Waals surface area contributed by atoms with Crippen LogP contribution in [0.3, 0.4) is 0 Å². The van der Waals surface area contributed by atoms with E-state index < -0.39 is 0 Å². The maximum Gasteiger partial charge on any atom is 0.164 e. The van der Waals surface area contributed by atoms with E-state index in [1.807, 2.05) is 19.9 Å². The van der Waals surface area contributed by atoms with E-state index in [2.05, 4.69) is 4.99 Å². The molecule has 5 nitrogen and oxygen atoms in total. The smallest absolute Gasteiger partial charge is 0.164 e. The molecule has 1 N–H and O–H groups in total. The SMILES string of the molecule is CCC(C)CC(O)=C(C=NC1=CC=C(OC)C(OC)C=C1)C(C)=O. The Morgan fingerprint density at radius 1 is 1.42 bits per heavy atom. The van der Waals surface area contributed by atoms with Gasteiger partial charge in [0, 0.05) is 19.7 Å². The molecular weight excluding hydrogens is 306 g/mol. The standard InChI is InChI=1S/C19H27NO4/c1-6-13(2)11-17(22)16(14(3)21)12-20-15-7-9-18(23-4)19(24-5)10-8-15/h7-10,12-13,18,22H,6,11H2,1-5H3. The molecule has 0 saturated heterocycles. The molecule has 0 saturated carbocycles. The van der Waals surface area contributed by atoms with Crippen molar-refractivity contribution in [2.75, 3.05) is 14.2 Å². The van der Waals surface area contributed by atoms with Gasteiger partial charge in [-0.25, -0.2) is 0 Å². The number of carbonyl (C=O) groups excluding carboxylic acids is 1. The maximum absolute atomic E-state index is 11.8. The molecule has 0 aromatic heterocycles. The third kappa shape index (κ3) is 5.81. The fourth-order valence-corrected chi connectivity index (χ4v) is 2.16. The molecule has 1 rings (SSSR count). The zero-order valence-electron chi connectivity index (χ0n) is 15.1. The number of allylic oxidation sites excluding steroid dienone is 5. The van der Waals surface area contributed by atoms with Crippen LogP contribution in [0, 0.1) is 5.92 Å². The molecule has 2 atom stereocenters. The number of aliphatic hydroxyl groups excluding tert-OH is 1. The molecule has 1 aliphatic carbocycles. The van der Waals surface area contributed by atoms with Crippen LogP contribution < -0.4 is 0 Å². The van der Waals surface area contributed by atoms with E-state index in [1.54, 1.807) is 32.4 Å². The first-order valence-corrected chi connectivity index (χ1v) is 8.06. The van der Waals surface area contributed by atoms with Crippen molar-refractivity contribution in [3.8, 4) is 0 Å². The molecule has 0 fully saturated rings. The van der Waals surface area contributed by atoms with Crippen LogP contribution in [0.2, 0.25) is 0 Å². The Balaban J connectivity index is 3.03. The summed E-state index contributed by atoms with van der Waals surface area (Å²) in [5, 5.41) is 10.2. The number of aliphatic imine (C=N–C) groups is 1. The summed E-state index contributed by atoms with van der Waals surface area (Å²) in [6.45, 7) is 5.51. The fourth-order valence-electron chi connectivity index (χ4n) is 2.16. The number of ether oxygens (including phenoxy) is 2. The first kappa shape index (κ1) is 19.9. The van der Waals surface area contributed by atoms with E-state index in [9.17, 15) is 9.90 Å². The monoisotopic (exact) mass is 333 g/mol. The molecule has 1 aliphatic rings. The Morgan fingerprint density at radius 2 is 2.12 bits per heavy atom. The molecule has 0 heterocycles. The van der Waals surface area contributed by atoms with Crippen molar-refractivity contribution >= 4 is 12.0 Å². The third-order valence-electron chi connectivity index (χ3n) is 3.90. The summed E-state index contributed by atoms with van der Waals surface area (Å²) in [6.07, 6.45) is 9.70. The normalized spacial score (nSPS) is 20.1. The second kappa shape index (κ2) is 9.88. The van der Waals surface area contributed by atoms with Crippen molar-refractivity contribution < 1.29 is 19.4 Å². The Kier molecular flexibility index (Phi) is 8.19. The van der Waals surface area contributed by atoms with Crippen molar-refractivity contribution in [2.24, 2.45) is 10.9 Å². The number of methoxy groups -OCH3 is 2. The first-order valence-electron chi connectivity index (χ1n) is 8.06. The highest BCUT2D eigenvalue weighted by atomic mass is 16.5. The van der Waals surface area contributed by atoms with Crippen LogP contribution in [-0.4, -0.2) is 37.4 Å². The molecule has 24 heavy (non-hydrogen) atoms. The first-order chi connectivity index (χ1) is 11.4. The van der Waals surface area contributed by atoms with Gasteiger partial charge >= 0.3 is 0 Å². The van der Waals surface area contributed by atoms with Gasteiger partial charge in [0.1, 0.15) is 17.6 Å². The molecule has 0 aromatic carbocycles. The average Bonchev–Trinajstić information content (AvgIpc) is 2.76. The zero-order valence-corrected chi connectivity index (χ0v) is 15.1. The minimum absolute atomic E-state index is 0.0849. The van der Waals surface area contributed by atoms with Crippen molar-refractivity contribution in [2.45, 2.75) is 39.7 Å². The van der Waals surface area contributed by atoms with E-state index in [4.69, 9.17) is 9.47 Å². The van der Waals surface area contributed by atoms with Gasteiger partial charge in [0.25, 0.3) is 0 Å². The molecule has 0 amide bonds. The highest BCUT2D eigenvalue weighted by molar-refractivity contribution is 6.12. The van der Waals surface area contributed by atoms with Gasteiger partial charge in [0.05, 0.1) is 18.4 Å². The van der Waals surface area contributed by atoms with Crippen molar-refractivity contribution in [1.29, 1.82) is 0 Å². The lowest BCUT2D eigenvalue weighted by Crippen LogP contribution is -2.11. The minimum atomic E-state index is -0.277.